The SMILES string of the molecule is CCCCOCC1(COCCCC)Cc2csc(-c3sc(-c4sc(-c5sc(-c6sc(-c7scc8c7CC(COCCCC)(COCCCC)C8)c7c6CC(COCCCC)(COCCCC)C7)c6c5CC(COCCCC)(COCCCC)C6)c5c4CC(COCCCC)(COCCCC)C5)c4c3CC(COCCCC)(COCCCC)C4)c2C1. The Morgan fingerprint density at radius 3 is 0.467 bits per heavy atom. The van der Waals surface area contributed by atoms with E-state index in [-0.39, 0.29) is 32.5 Å². The molecule has 0 unspecified atom stereocenters. The normalized spacial score (nSPS) is 17.3. The highest BCUT2D eigenvalue weighted by atomic mass is 32.1. The Balaban J connectivity index is 1.08. The van der Waals surface area contributed by atoms with Gasteiger partial charge in [-0.05, 0) is 232 Å². The fourth-order valence-electron chi connectivity index (χ4n) is 19.7. The molecule has 6 heterocycles. The molecule has 0 bridgehead atoms. The van der Waals surface area contributed by atoms with Crippen molar-refractivity contribution in [1.29, 1.82) is 0 Å². The molecule has 0 radical (unpaired) electrons. The Morgan fingerprint density at radius 2 is 0.317 bits per heavy atom. The quantitative estimate of drug-likeness (QED) is 0.0339. The van der Waals surface area contributed by atoms with Crippen molar-refractivity contribution >= 4 is 68.0 Å². The number of rotatable bonds is 65. The predicted octanol–water partition coefficient (Wildman–Crippen LogP) is 26.7. The molecule has 0 aromatic carbocycles. The minimum Gasteiger partial charge on any atom is -0.381 e. The Labute approximate surface area is 750 Å². The second-order valence-corrected chi connectivity index (χ2v) is 43.8. The highest BCUT2D eigenvalue weighted by molar-refractivity contribution is 7.31. The summed E-state index contributed by atoms with van der Waals surface area (Å²) in [6.07, 6.45) is 37.4. The molecule has 12 rings (SSSR count). The smallest absolute Gasteiger partial charge is 0.0550 e. The molecule has 0 fully saturated rings. The molecule has 0 spiro atoms. The van der Waals surface area contributed by atoms with Crippen LogP contribution in [0.15, 0.2) is 10.8 Å². The summed E-state index contributed by atoms with van der Waals surface area (Å²) >= 11 is 12.6. The number of unbranched alkanes of at least 4 members (excludes halogenated alkanes) is 12. The van der Waals surface area contributed by atoms with Crippen LogP contribution in [0.3, 0.4) is 0 Å². The van der Waals surface area contributed by atoms with Crippen molar-refractivity contribution in [3.05, 3.63) is 77.5 Å². The van der Waals surface area contributed by atoms with Gasteiger partial charge in [-0.15, -0.1) is 68.0 Å². The summed E-state index contributed by atoms with van der Waals surface area (Å²) in [7, 11) is 0. The molecule has 6 aromatic rings. The van der Waals surface area contributed by atoms with Crippen molar-refractivity contribution in [2.24, 2.45) is 32.5 Å². The van der Waals surface area contributed by atoms with Crippen LogP contribution in [0.5, 0.6) is 0 Å². The molecule has 674 valence electrons. The first kappa shape index (κ1) is 96.8. The Kier molecular flexibility index (Phi) is 39.0. The molecule has 0 saturated heterocycles. The van der Waals surface area contributed by atoms with Crippen molar-refractivity contribution in [1.82, 2.24) is 0 Å². The molecule has 12 nitrogen and oxygen atoms in total. The number of hydrogen-bond donors (Lipinski definition) is 0. The van der Waals surface area contributed by atoms with Gasteiger partial charge < -0.3 is 56.8 Å². The zero-order valence-electron chi connectivity index (χ0n) is 76.9. The second kappa shape index (κ2) is 48.4. The van der Waals surface area contributed by atoms with Gasteiger partial charge in [-0.25, -0.2) is 0 Å². The molecule has 0 saturated carbocycles. The van der Waals surface area contributed by atoms with Crippen LogP contribution in [0, 0.1) is 32.5 Å². The molecule has 6 aromatic heterocycles. The minimum atomic E-state index is -0.243. The van der Waals surface area contributed by atoms with Gasteiger partial charge in [-0.3, -0.25) is 0 Å². The van der Waals surface area contributed by atoms with Crippen LogP contribution in [-0.4, -0.2) is 159 Å². The summed E-state index contributed by atoms with van der Waals surface area (Å²) in [4.78, 5) is 14.8. The van der Waals surface area contributed by atoms with Gasteiger partial charge in [0.05, 0.1) is 79.3 Å². The molecule has 0 atom stereocenters. The van der Waals surface area contributed by atoms with E-state index in [1.807, 2.05) is 22.7 Å². The van der Waals surface area contributed by atoms with E-state index in [0.29, 0.717) is 52.9 Å². The zero-order valence-corrected chi connectivity index (χ0v) is 81.8. The maximum Gasteiger partial charge on any atom is 0.0550 e. The summed E-state index contributed by atoms with van der Waals surface area (Å²) in [5.41, 5.74) is 17.2. The fourth-order valence-corrected chi connectivity index (χ4v) is 28.2. The van der Waals surface area contributed by atoms with Crippen LogP contribution in [-0.2, 0) is 134 Å². The zero-order chi connectivity index (χ0) is 84.3. The molecule has 18 heteroatoms. The third kappa shape index (κ3) is 24.0. The summed E-state index contributed by atoms with van der Waals surface area (Å²) in [6.45, 7) is 45.1. The van der Waals surface area contributed by atoms with Crippen LogP contribution in [0.2, 0.25) is 0 Å². The van der Waals surface area contributed by atoms with Gasteiger partial charge in [0.1, 0.15) is 0 Å². The average molecular weight is 1770 g/mol. The van der Waals surface area contributed by atoms with Crippen LogP contribution in [0.1, 0.15) is 304 Å². The maximum absolute atomic E-state index is 7.06. The first-order valence-electron chi connectivity index (χ1n) is 48.5. The van der Waals surface area contributed by atoms with Crippen LogP contribution < -0.4 is 0 Å². The first-order valence-corrected chi connectivity index (χ1v) is 53.5. The predicted molar refractivity (Wildman–Crippen MR) is 509 cm³/mol. The minimum absolute atomic E-state index is 0.101. The molecular weight excluding hydrogens is 1610 g/mol. The Morgan fingerprint density at radius 1 is 0.183 bits per heavy atom. The van der Waals surface area contributed by atoms with Gasteiger partial charge in [0.25, 0.3) is 0 Å². The van der Waals surface area contributed by atoms with Gasteiger partial charge in [0.2, 0.25) is 0 Å². The highest BCUT2D eigenvalue weighted by Crippen LogP contribution is 2.65. The van der Waals surface area contributed by atoms with Crippen LogP contribution >= 0.6 is 68.0 Å². The lowest BCUT2D eigenvalue weighted by atomic mass is 9.85. The average Bonchev–Trinajstić information content (AvgIpc) is 1.54. The monoisotopic (exact) mass is 1770 g/mol. The van der Waals surface area contributed by atoms with Crippen molar-refractivity contribution < 1.29 is 56.8 Å². The molecule has 6 aliphatic carbocycles. The van der Waals surface area contributed by atoms with E-state index in [1.165, 1.54) is 116 Å². The van der Waals surface area contributed by atoms with Gasteiger partial charge in [-0.2, -0.15) is 0 Å². The van der Waals surface area contributed by atoms with E-state index >= 15 is 0 Å². The maximum atomic E-state index is 7.06. The summed E-state index contributed by atoms with van der Waals surface area (Å²) in [6, 6.07) is 0. The van der Waals surface area contributed by atoms with Crippen LogP contribution in [0.4, 0.5) is 0 Å². The van der Waals surface area contributed by atoms with E-state index in [2.05, 4.69) is 139 Å². The third-order valence-electron chi connectivity index (χ3n) is 26.7. The molecule has 120 heavy (non-hydrogen) atoms. The molecular formula is C102H158O12S6. The fraction of sp³-hybridized carbons (Fsp3) is 0.765. The van der Waals surface area contributed by atoms with Crippen molar-refractivity contribution in [3.8, 4) is 48.8 Å². The van der Waals surface area contributed by atoms with Crippen molar-refractivity contribution in [2.45, 2.75) is 314 Å². The van der Waals surface area contributed by atoms with E-state index in [0.717, 1.165) is 337 Å². The number of ether oxygens (including phenoxy) is 12. The van der Waals surface area contributed by atoms with Gasteiger partial charge in [0, 0.05) is 161 Å². The van der Waals surface area contributed by atoms with Gasteiger partial charge >= 0.3 is 0 Å². The number of hydrogen-bond acceptors (Lipinski definition) is 18. The summed E-state index contributed by atoms with van der Waals surface area (Å²) in [5, 5.41) is 5.07. The van der Waals surface area contributed by atoms with E-state index in [9.17, 15) is 0 Å². The second-order valence-electron chi connectivity index (χ2n) is 38.0. The molecule has 6 aliphatic rings. The van der Waals surface area contributed by atoms with Gasteiger partial charge in [0.15, 0.2) is 0 Å². The first-order chi connectivity index (χ1) is 58.8. The lowest BCUT2D eigenvalue weighted by molar-refractivity contribution is -0.0189. The molecule has 0 N–H and O–H groups in total. The number of fused-ring (bicyclic) bond motifs is 6. The molecule has 0 aliphatic heterocycles. The van der Waals surface area contributed by atoms with E-state index in [1.54, 1.807) is 0 Å². The van der Waals surface area contributed by atoms with Crippen molar-refractivity contribution in [2.75, 3.05) is 159 Å². The largest absolute Gasteiger partial charge is 0.381 e. The lowest BCUT2D eigenvalue weighted by Gasteiger charge is -2.30. The van der Waals surface area contributed by atoms with Gasteiger partial charge in [-0.1, -0.05) is 160 Å². The Hall–Kier alpha value is -2.28. The van der Waals surface area contributed by atoms with E-state index < -0.39 is 0 Å². The standard InChI is InChI=1S/C102H158O12S6/c1-13-25-37-103-63-97(64-104-38-26-14-2)49-75-61-115-87(77(75)51-97)89-79-53-99(67-107-41-29-17-5,68-108-42-30-18-6)55-81(79)91(117-89)93-83-57-101(71-111-45-33-21-9,72-112-46-34-22-10)59-85(83)95(119-93)96-86-60-102(73-113-47-35-23-11,74-114-48-36-24-12)58-84(86)94(120-96)92-82-56-100(69-109-43-31-19-7,70-110-44-32-20-8)54-80(82)90(118-92)88-78-52-98(50-76(78)62-116-88,65-105-39-27-15-3)66-106-40-28-16-4/h61-62H,13-60,63-74H2,1-12H3. The topological polar surface area (TPSA) is 111 Å². The third-order valence-corrected chi connectivity index (χ3v) is 34.8. The Bertz CT molecular complexity index is 3690. The van der Waals surface area contributed by atoms with E-state index in [4.69, 9.17) is 56.8 Å². The highest BCUT2D eigenvalue weighted by Gasteiger charge is 2.52. The lowest BCUT2D eigenvalue weighted by Crippen LogP contribution is -2.34. The summed E-state index contributed by atoms with van der Waals surface area (Å²) < 4.78 is 83.0. The number of thiophene rings is 6. The van der Waals surface area contributed by atoms with Crippen molar-refractivity contribution in [3.63, 3.8) is 0 Å². The summed E-state index contributed by atoms with van der Waals surface area (Å²) in [5.74, 6) is 0. The van der Waals surface area contributed by atoms with Crippen LogP contribution in [0.25, 0.3) is 48.8 Å². The molecule has 0 amide bonds.